The highest BCUT2D eigenvalue weighted by molar-refractivity contribution is 5.89. The quantitative estimate of drug-likeness (QED) is 0.775. The van der Waals surface area contributed by atoms with Gasteiger partial charge in [-0.25, -0.2) is 4.98 Å². The first kappa shape index (κ1) is 11.6. The summed E-state index contributed by atoms with van der Waals surface area (Å²) in [6.07, 6.45) is 2.30. The van der Waals surface area contributed by atoms with E-state index in [0.717, 1.165) is 29.7 Å². The Morgan fingerprint density at radius 1 is 1.18 bits per heavy atom. The van der Waals surface area contributed by atoms with Crippen molar-refractivity contribution in [3.8, 4) is 0 Å². The number of unbranched alkanes of at least 4 members (excludes halogenated alkanes) is 1. The minimum atomic E-state index is 0.696. The van der Waals surface area contributed by atoms with Crippen LogP contribution in [-0.4, -0.2) is 23.6 Å². The van der Waals surface area contributed by atoms with Crippen LogP contribution in [0.1, 0.15) is 19.8 Å². The van der Waals surface area contributed by atoms with E-state index >= 15 is 0 Å². The molecule has 17 heavy (non-hydrogen) atoms. The number of hydrogen-bond donors (Lipinski definition) is 2. The smallest absolute Gasteiger partial charge is 0.225 e. The standard InChI is InChI=1S/C13H18N4/c1-3-4-9-15-13-16-11-8-6-5-7-10(11)12(14-2)17-13/h5-8H,3-4,9H2,1-2H3,(H2,14,15,16,17). The molecule has 1 aromatic heterocycles. The van der Waals surface area contributed by atoms with Crippen LogP contribution in [0.3, 0.4) is 0 Å². The Kier molecular flexibility index (Phi) is 3.75. The summed E-state index contributed by atoms with van der Waals surface area (Å²) < 4.78 is 0. The summed E-state index contributed by atoms with van der Waals surface area (Å²) in [6, 6.07) is 8.02. The molecule has 0 unspecified atom stereocenters. The number of hydrogen-bond acceptors (Lipinski definition) is 4. The van der Waals surface area contributed by atoms with E-state index in [-0.39, 0.29) is 0 Å². The van der Waals surface area contributed by atoms with Gasteiger partial charge in [0.2, 0.25) is 5.95 Å². The van der Waals surface area contributed by atoms with Gasteiger partial charge in [-0.05, 0) is 18.6 Å². The van der Waals surface area contributed by atoms with E-state index in [2.05, 4.69) is 27.5 Å². The van der Waals surface area contributed by atoms with Gasteiger partial charge in [-0.3, -0.25) is 0 Å². The van der Waals surface area contributed by atoms with E-state index in [1.807, 2.05) is 31.3 Å². The molecule has 0 bridgehead atoms. The molecule has 0 aliphatic rings. The molecule has 2 rings (SSSR count). The zero-order valence-corrected chi connectivity index (χ0v) is 10.3. The van der Waals surface area contributed by atoms with Crippen LogP contribution in [0.5, 0.6) is 0 Å². The summed E-state index contributed by atoms with van der Waals surface area (Å²) in [5.74, 6) is 1.57. The van der Waals surface area contributed by atoms with Crippen molar-refractivity contribution in [1.29, 1.82) is 0 Å². The first-order valence-corrected chi connectivity index (χ1v) is 6.03. The van der Waals surface area contributed by atoms with Gasteiger partial charge in [-0.15, -0.1) is 0 Å². The number of para-hydroxylation sites is 1. The molecule has 0 aliphatic heterocycles. The van der Waals surface area contributed by atoms with Gasteiger partial charge in [-0.1, -0.05) is 25.5 Å². The zero-order valence-electron chi connectivity index (χ0n) is 10.3. The maximum absolute atomic E-state index is 4.49. The highest BCUT2D eigenvalue weighted by Crippen LogP contribution is 2.20. The van der Waals surface area contributed by atoms with Gasteiger partial charge in [0, 0.05) is 19.0 Å². The predicted octanol–water partition coefficient (Wildman–Crippen LogP) is 2.88. The normalized spacial score (nSPS) is 10.5. The zero-order chi connectivity index (χ0) is 12.1. The lowest BCUT2D eigenvalue weighted by molar-refractivity contribution is 0.827. The van der Waals surface area contributed by atoms with Gasteiger partial charge in [-0.2, -0.15) is 4.98 Å². The van der Waals surface area contributed by atoms with Crippen LogP contribution >= 0.6 is 0 Å². The fourth-order valence-corrected chi connectivity index (χ4v) is 1.72. The minimum absolute atomic E-state index is 0.696. The Hall–Kier alpha value is -1.84. The average molecular weight is 230 g/mol. The van der Waals surface area contributed by atoms with Gasteiger partial charge in [0.25, 0.3) is 0 Å². The van der Waals surface area contributed by atoms with Crippen LogP contribution in [0.25, 0.3) is 10.9 Å². The van der Waals surface area contributed by atoms with Crippen molar-refractivity contribution in [2.45, 2.75) is 19.8 Å². The largest absolute Gasteiger partial charge is 0.372 e. The van der Waals surface area contributed by atoms with Crippen LogP contribution in [0.2, 0.25) is 0 Å². The van der Waals surface area contributed by atoms with E-state index in [1.54, 1.807) is 0 Å². The molecule has 1 heterocycles. The molecule has 0 fully saturated rings. The van der Waals surface area contributed by atoms with Gasteiger partial charge in [0.1, 0.15) is 5.82 Å². The Morgan fingerprint density at radius 2 is 2.00 bits per heavy atom. The first-order chi connectivity index (χ1) is 8.35. The third-order valence-electron chi connectivity index (χ3n) is 2.65. The molecule has 0 saturated carbocycles. The number of fused-ring (bicyclic) bond motifs is 1. The predicted molar refractivity (Wildman–Crippen MR) is 72.5 cm³/mol. The molecule has 90 valence electrons. The Bertz CT molecular complexity index is 496. The molecule has 0 saturated heterocycles. The van der Waals surface area contributed by atoms with Crippen LogP contribution in [0, 0.1) is 0 Å². The molecule has 2 aromatic rings. The molecule has 0 aliphatic carbocycles. The lowest BCUT2D eigenvalue weighted by Gasteiger charge is -2.09. The van der Waals surface area contributed by atoms with E-state index < -0.39 is 0 Å². The molecule has 0 spiro atoms. The SMILES string of the molecule is CCCCNc1nc(NC)c2ccccc2n1. The summed E-state index contributed by atoms with van der Waals surface area (Å²) in [6.45, 7) is 3.08. The second kappa shape index (κ2) is 5.48. The van der Waals surface area contributed by atoms with Crippen molar-refractivity contribution >= 4 is 22.7 Å². The molecule has 0 radical (unpaired) electrons. The minimum Gasteiger partial charge on any atom is -0.372 e. The van der Waals surface area contributed by atoms with E-state index in [0.29, 0.717) is 5.95 Å². The summed E-state index contributed by atoms with van der Waals surface area (Å²) >= 11 is 0. The molecule has 4 nitrogen and oxygen atoms in total. The van der Waals surface area contributed by atoms with Crippen LogP contribution < -0.4 is 10.6 Å². The first-order valence-electron chi connectivity index (χ1n) is 6.03. The highest BCUT2D eigenvalue weighted by atomic mass is 15.1. The molecule has 0 atom stereocenters. The number of aromatic nitrogens is 2. The Morgan fingerprint density at radius 3 is 2.76 bits per heavy atom. The molecule has 2 N–H and O–H groups in total. The molecule has 1 aromatic carbocycles. The second-order valence-electron chi connectivity index (χ2n) is 3.94. The maximum Gasteiger partial charge on any atom is 0.225 e. The summed E-state index contributed by atoms with van der Waals surface area (Å²) in [5, 5.41) is 7.41. The lowest BCUT2D eigenvalue weighted by atomic mass is 10.2. The van der Waals surface area contributed by atoms with E-state index in [1.165, 1.54) is 6.42 Å². The van der Waals surface area contributed by atoms with Gasteiger partial charge in [0.15, 0.2) is 0 Å². The Labute approximate surface area is 101 Å². The number of nitrogens with one attached hydrogen (secondary N) is 2. The van der Waals surface area contributed by atoms with Crippen molar-refractivity contribution < 1.29 is 0 Å². The second-order valence-corrected chi connectivity index (χ2v) is 3.94. The third-order valence-corrected chi connectivity index (χ3v) is 2.65. The number of rotatable bonds is 5. The summed E-state index contributed by atoms with van der Waals surface area (Å²) in [4.78, 5) is 8.95. The Balaban J connectivity index is 2.32. The number of nitrogens with zero attached hydrogens (tertiary/aromatic N) is 2. The van der Waals surface area contributed by atoms with Crippen molar-refractivity contribution in [3.63, 3.8) is 0 Å². The van der Waals surface area contributed by atoms with Crippen LogP contribution in [0.15, 0.2) is 24.3 Å². The van der Waals surface area contributed by atoms with Gasteiger partial charge >= 0.3 is 0 Å². The monoisotopic (exact) mass is 230 g/mol. The molecular weight excluding hydrogens is 212 g/mol. The molecular formula is C13H18N4. The van der Waals surface area contributed by atoms with Crippen LogP contribution in [0.4, 0.5) is 11.8 Å². The lowest BCUT2D eigenvalue weighted by Crippen LogP contribution is -2.07. The fraction of sp³-hybridized carbons (Fsp3) is 0.385. The van der Waals surface area contributed by atoms with Crippen molar-refractivity contribution in [1.82, 2.24) is 9.97 Å². The van der Waals surface area contributed by atoms with Crippen molar-refractivity contribution in [3.05, 3.63) is 24.3 Å². The van der Waals surface area contributed by atoms with Crippen LogP contribution in [-0.2, 0) is 0 Å². The fourth-order valence-electron chi connectivity index (χ4n) is 1.72. The van der Waals surface area contributed by atoms with Gasteiger partial charge < -0.3 is 10.6 Å². The number of benzene rings is 1. The molecule has 4 heteroatoms. The maximum atomic E-state index is 4.49. The number of anilines is 2. The van der Waals surface area contributed by atoms with E-state index in [4.69, 9.17) is 0 Å². The van der Waals surface area contributed by atoms with E-state index in [9.17, 15) is 0 Å². The topological polar surface area (TPSA) is 49.8 Å². The summed E-state index contributed by atoms with van der Waals surface area (Å²) in [5.41, 5.74) is 0.964. The van der Waals surface area contributed by atoms with Crippen molar-refractivity contribution in [2.75, 3.05) is 24.2 Å². The highest BCUT2D eigenvalue weighted by Gasteiger charge is 2.04. The molecule has 0 amide bonds. The summed E-state index contributed by atoms with van der Waals surface area (Å²) in [7, 11) is 1.88. The van der Waals surface area contributed by atoms with Crippen molar-refractivity contribution in [2.24, 2.45) is 0 Å². The third kappa shape index (κ3) is 2.64. The average Bonchev–Trinajstić information content (AvgIpc) is 2.38. The van der Waals surface area contributed by atoms with Gasteiger partial charge in [0.05, 0.1) is 5.52 Å².